The van der Waals surface area contributed by atoms with E-state index in [0.717, 1.165) is 33.2 Å². The van der Waals surface area contributed by atoms with Gasteiger partial charge in [0.2, 0.25) is 0 Å². The second-order valence-corrected chi connectivity index (χ2v) is 6.19. The first-order valence-corrected chi connectivity index (χ1v) is 9.01. The Labute approximate surface area is 158 Å². The summed E-state index contributed by atoms with van der Waals surface area (Å²) in [5, 5.41) is 2.22. The topological polar surface area (TPSA) is 35.0 Å². The minimum Gasteiger partial charge on any atom is -0.454 e. The number of nitrogens with zero attached hydrogens (tertiary/aromatic N) is 2. The van der Waals surface area contributed by atoms with Gasteiger partial charge in [0.25, 0.3) is 0 Å². The van der Waals surface area contributed by atoms with Gasteiger partial charge in [-0.2, -0.15) is 0 Å². The van der Waals surface area contributed by atoms with Crippen LogP contribution in [0.3, 0.4) is 0 Å². The molecule has 0 radical (unpaired) electrons. The van der Waals surface area contributed by atoms with Crippen molar-refractivity contribution < 1.29 is 4.74 Å². The predicted octanol–water partition coefficient (Wildman–Crippen LogP) is 6.22. The number of fused-ring (bicyclic) bond motifs is 2. The molecular formula is C24H20N2O. The summed E-state index contributed by atoms with van der Waals surface area (Å²) in [6, 6.07) is 24.2. The molecule has 2 heterocycles. The molecule has 0 aliphatic rings. The smallest absolute Gasteiger partial charge is 0.148 e. The van der Waals surface area contributed by atoms with Crippen molar-refractivity contribution in [2.24, 2.45) is 0 Å². The highest BCUT2D eigenvalue weighted by atomic mass is 16.5. The maximum atomic E-state index is 6.22. The van der Waals surface area contributed by atoms with Gasteiger partial charge in [0.05, 0.1) is 11.0 Å². The zero-order valence-corrected chi connectivity index (χ0v) is 15.4. The van der Waals surface area contributed by atoms with Crippen molar-refractivity contribution in [3.8, 4) is 0 Å². The fourth-order valence-electron chi connectivity index (χ4n) is 3.04. The van der Waals surface area contributed by atoms with Crippen LogP contribution >= 0.6 is 0 Å². The number of rotatable bonds is 4. The molecule has 2 aromatic carbocycles. The number of ether oxygens (including phenoxy) is 1. The number of aromatic nitrogens is 2. The normalized spacial score (nSPS) is 12.5. The Hall–Kier alpha value is -3.46. The number of allylic oxidation sites excluding steroid dienone is 2. The van der Waals surface area contributed by atoms with Crippen LogP contribution in [-0.4, -0.2) is 9.97 Å². The van der Waals surface area contributed by atoms with Crippen LogP contribution in [0.15, 0.2) is 84.9 Å². The van der Waals surface area contributed by atoms with E-state index in [9.17, 15) is 0 Å². The van der Waals surface area contributed by atoms with E-state index >= 15 is 0 Å². The van der Waals surface area contributed by atoms with E-state index < -0.39 is 0 Å². The van der Waals surface area contributed by atoms with Gasteiger partial charge < -0.3 is 4.74 Å². The van der Waals surface area contributed by atoms with Crippen molar-refractivity contribution in [3.05, 3.63) is 96.3 Å². The van der Waals surface area contributed by atoms with Crippen LogP contribution in [0.4, 0.5) is 0 Å². The molecule has 0 spiro atoms. The number of pyridine rings is 2. The molecule has 132 valence electrons. The highest BCUT2D eigenvalue weighted by Gasteiger charge is 2.11. The minimum atomic E-state index is 0.712. The molecule has 0 fully saturated rings. The molecule has 4 rings (SSSR count). The molecule has 3 nitrogen and oxygen atoms in total. The summed E-state index contributed by atoms with van der Waals surface area (Å²) in [5.41, 5.74) is 3.50. The predicted molar refractivity (Wildman–Crippen MR) is 112 cm³/mol. The van der Waals surface area contributed by atoms with E-state index in [2.05, 4.69) is 24.3 Å². The van der Waals surface area contributed by atoms with Crippen molar-refractivity contribution >= 4 is 33.3 Å². The second kappa shape index (κ2) is 7.42. The fraction of sp³-hybridized carbons (Fsp3) is 0.0833. The van der Waals surface area contributed by atoms with Gasteiger partial charge in [0, 0.05) is 10.8 Å². The number of hydrogen-bond acceptors (Lipinski definition) is 3. The summed E-state index contributed by atoms with van der Waals surface area (Å²) in [6.07, 6.45) is 3.86. The van der Waals surface area contributed by atoms with Crippen LogP contribution in [-0.2, 0) is 4.74 Å². The van der Waals surface area contributed by atoms with E-state index in [1.54, 1.807) is 0 Å². The largest absolute Gasteiger partial charge is 0.454 e. The molecule has 0 bridgehead atoms. The van der Waals surface area contributed by atoms with Crippen LogP contribution in [0.5, 0.6) is 0 Å². The van der Waals surface area contributed by atoms with Crippen LogP contribution in [0, 0.1) is 0 Å². The lowest BCUT2D eigenvalue weighted by atomic mass is 10.2. The molecule has 0 aliphatic heterocycles. The monoisotopic (exact) mass is 352 g/mol. The summed E-state index contributed by atoms with van der Waals surface area (Å²) in [5.74, 6) is 1.42. The Bertz CT molecular complexity index is 1080. The minimum absolute atomic E-state index is 0.712. The summed E-state index contributed by atoms with van der Waals surface area (Å²) >= 11 is 0. The second-order valence-electron chi connectivity index (χ2n) is 6.19. The molecule has 0 amide bonds. The fourth-order valence-corrected chi connectivity index (χ4v) is 3.04. The molecule has 0 N–H and O–H groups in total. The molecule has 0 saturated heterocycles. The Morgan fingerprint density at radius 3 is 1.52 bits per heavy atom. The Kier molecular flexibility index (Phi) is 4.67. The van der Waals surface area contributed by atoms with E-state index in [1.807, 2.05) is 74.5 Å². The zero-order chi connectivity index (χ0) is 18.6. The van der Waals surface area contributed by atoms with Gasteiger partial charge in [-0.05, 0) is 50.3 Å². The van der Waals surface area contributed by atoms with Gasteiger partial charge in [0.1, 0.15) is 22.9 Å². The summed E-state index contributed by atoms with van der Waals surface area (Å²) in [4.78, 5) is 9.47. The van der Waals surface area contributed by atoms with Crippen molar-refractivity contribution in [2.75, 3.05) is 0 Å². The van der Waals surface area contributed by atoms with Gasteiger partial charge in [-0.3, -0.25) is 0 Å². The third-order valence-electron chi connectivity index (χ3n) is 4.45. The summed E-state index contributed by atoms with van der Waals surface area (Å²) in [7, 11) is 0. The molecule has 0 unspecified atom stereocenters. The highest BCUT2D eigenvalue weighted by molar-refractivity contribution is 5.82. The van der Waals surface area contributed by atoms with Gasteiger partial charge in [-0.15, -0.1) is 0 Å². The zero-order valence-electron chi connectivity index (χ0n) is 15.4. The first kappa shape index (κ1) is 17.0. The van der Waals surface area contributed by atoms with Gasteiger partial charge in [0.15, 0.2) is 0 Å². The van der Waals surface area contributed by atoms with E-state index in [4.69, 9.17) is 14.7 Å². The molecule has 3 heteroatoms. The van der Waals surface area contributed by atoms with Crippen LogP contribution in [0.1, 0.15) is 25.2 Å². The Balaban J connectivity index is 1.67. The van der Waals surface area contributed by atoms with Gasteiger partial charge in [-0.25, -0.2) is 9.97 Å². The summed E-state index contributed by atoms with van der Waals surface area (Å²) < 4.78 is 6.22. The third kappa shape index (κ3) is 3.44. The molecular weight excluding hydrogens is 332 g/mol. The van der Waals surface area contributed by atoms with E-state index in [1.165, 1.54) is 0 Å². The van der Waals surface area contributed by atoms with Crippen LogP contribution in [0.25, 0.3) is 33.3 Å². The quantitative estimate of drug-likeness (QED) is 0.409. The van der Waals surface area contributed by atoms with Crippen molar-refractivity contribution in [1.29, 1.82) is 0 Å². The maximum absolute atomic E-state index is 6.22. The Morgan fingerprint density at radius 1 is 0.630 bits per heavy atom. The highest BCUT2D eigenvalue weighted by Crippen LogP contribution is 2.26. The molecule has 0 saturated carbocycles. The Morgan fingerprint density at radius 2 is 1.07 bits per heavy atom. The lowest BCUT2D eigenvalue weighted by Gasteiger charge is -2.13. The van der Waals surface area contributed by atoms with Crippen molar-refractivity contribution in [2.45, 2.75) is 13.8 Å². The van der Waals surface area contributed by atoms with Crippen LogP contribution in [0.2, 0.25) is 0 Å². The number of para-hydroxylation sites is 2. The molecule has 2 aromatic heterocycles. The standard InChI is InChI=1S/C24H20N2O/c1-3-23(21-15-13-17-9-5-7-11-19(17)25-21)27-24(4-2)22-16-14-18-10-6-8-12-20(18)26-22/h3-16H,1-2H3. The maximum Gasteiger partial charge on any atom is 0.148 e. The third-order valence-corrected chi connectivity index (χ3v) is 4.45. The van der Waals surface area contributed by atoms with Crippen molar-refractivity contribution in [3.63, 3.8) is 0 Å². The number of benzene rings is 2. The van der Waals surface area contributed by atoms with Gasteiger partial charge >= 0.3 is 0 Å². The van der Waals surface area contributed by atoms with Gasteiger partial charge in [-0.1, -0.05) is 48.5 Å². The van der Waals surface area contributed by atoms with E-state index in [0.29, 0.717) is 11.5 Å². The molecule has 27 heavy (non-hydrogen) atoms. The van der Waals surface area contributed by atoms with E-state index in [-0.39, 0.29) is 0 Å². The molecule has 4 aromatic rings. The summed E-state index contributed by atoms with van der Waals surface area (Å²) in [6.45, 7) is 3.90. The lowest BCUT2D eigenvalue weighted by molar-refractivity contribution is 0.465. The average Bonchev–Trinajstić information content (AvgIpc) is 2.74. The van der Waals surface area contributed by atoms with Crippen LogP contribution < -0.4 is 0 Å². The number of hydrogen-bond donors (Lipinski definition) is 0. The first-order valence-electron chi connectivity index (χ1n) is 9.01. The SMILES string of the molecule is CC=C(OC(=CC)c1ccc2ccccc2n1)c1ccc2ccccc2n1. The first-order chi connectivity index (χ1) is 13.3. The molecule has 0 atom stereocenters. The molecule has 0 aliphatic carbocycles. The van der Waals surface area contributed by atoms with Crippen molar-refractivity contribution in [1.82, 2.24) is 9.97 Å². The average molecular weight is 352 g/mol. The lowest BCUT2D eigenvalue weighted by Crippen LogP contribution is -1.98.